The minimum absolute atomic E-state index is 0.0795. The molecule has 0 aliphatic carbocycles. The first-order valence-corrected chi connectivity index (χ1v) is 9.86. The smallest absolute Gasteiger partial charge is 0.270 e. The molecule has 0 radical (unpaired) electrons. The van der Waals surface area contributed by atoms with Gasteiger partial charge in [0.15, 0.2) is 4.32 Å². The Balaban J connectivity index is 1.81. The van der Waals surface area contributed by atoms with Crippen LogP contribution in [0.2, 0.25) is 0 Å². The quantitative estimate of drug-likeness (QED) is 0.490. The van der Waals surface area contributed by atoms with Crippen LogP contribution in [0.25, 0.3) is 6.08 Å². The van der Waals surface area contributed by atoms with Crippen molar-refractivity contribution in [2.45, 2.75) is 26.2 Å². The number of methoxy groups -OCH3 is 1. The number of carbonyl (C=O) groups is 1. The third kappa shape index (κ3) is 4.17. The molecule has 1 aliphatic rings. The largest absolute Gasteiger partial charge is 0.497 e. The number of rotatable bonds is 6. The van der Waals surface area contributed by atoms with Crippen molar-refractivity contribution >= 4 is 46.0 Å². The van der Waals surface area contributed by atoms with E-state index in [1.54, 1.807) is 12.0 Å². The summed E-state index contributed by atoms with van der Waals surface area (Å²) < 4.78 is 5.80. The van der Waals surface area contributed by atoms with E-state index >= 15 is 0 Å². The van der Waals surface area contributed by atoms with Gasteiger partial charge in [-0.05, 0) is 54.3 Å². The predicted molar refractivity (Wildman–Crippen MR) is 114 cm³/mol. The van der Waals surface area contributed by atoms with E-state index in [2.05, 4.69) is 19.1 Å². The van der Waals surface area contributed by atoms with Crippen LogP contribution in [0, 0.1) is 0 Å². The number of aryl methyl sites for hydroxylation is 1. The predicted octanol–water partition coefficient (Wildman–Crippen LogP) is 5.44. The third-order valence-corrected chi connectivity index (χ3v) is 5.50. The van der Waals surface area contributed by atoms with Gasteiger partial charge in [0, 0.05) is 0 Å². The first kappa shape index (κ1) is 18.7. The molecular formula is C21H21NO2S2. The van der Waals surface area contributed by atoms with Gasteiger partial charge in [-0.2, -0.15) is 0 Å². The second-order valence-corrected chi connectivity index (χ2v) is 7.74. The van der Waals surface area contributed by atoms with Gasteiger partial charge in [-0.1, -0.05) is 61.6 Å². The van der Waals surface area contributed by atoms with Crippen LogP contribution >= 0.6 is 24.0 Å². The average molecular weight is 384 g/mol. The lowest BCUT2D eigenvalue weighted by Crippen LogP contribution is -2.27. The Morgan fingerprint density at radius 3 is 2.65 bits per heavy atom. The lowest BCUT2D eigenvalue weighted by atomic mass is 10.1. The third-order valence-electron chi connectivity index (χ3n) is 4.20. The van der Waals surface area contributed by atoms with Crippen LogP contribution < -0.4 is 9.64 Å². The van der Waals surface area contributed by atoms with Crippen LogP contribution in [0.4, 0.5) is 5.69 Å². The summed E-state index contributed by atoms with van der Waals surface area (Å²) in [5.41, 5.74) is 3.02. The molecule has 2 aromatic rings. The van der Waals surface area contributed by atoms with Gasteiger partial charge >= 0.3 is 0 Å². The molecule has 0 unspecified atom stereocenters. The molecule has 0 aromatic heterocycles. The van der Waals surface area contributed by atoms with Gasteiger partial charge in [-0.25, -0.2) is 0 Å². The van der Waals surface area contributed by atoms with Crippen molar-refractivity contribution < 1.29 is 9.53 Å². The van der Waals surface area contributed by atoms with Gasteiger partial charge in [-0.3, -0.25) is 9.69 Å². The van der Waals surface area contributed by atoms with Crippen molar-refractivity contribution in [1.82, 2.24) is 0 Å². The highest BCUT2D eigenvalue weighted by atomic mass is 32.2. The standard InChI is InChI=1S/C21H21NO2S2/c1-3-4-6-15-9-11-17(12-10-15)22-20(23)19(26-21(22)25)14-16-7-5-8-18(13-16)24-2/h5,7-14H,3-4,6H2,1-2H3/b19-14-. The van der Waals surface area contributed by atoms with E-state index in [0.29, 0.717) is 9.23 Å². The summed E-state index contributed by atoms with van der Waals surface area (Å²) in [5.74, 6) is 0.682. The average Bonchev–Trinajstić information content (AvgIpc) is 2.94. The molecule has 2 aromatic carbocycles. The van der Waals surface area contributed by atoms with Crippen LogP contribution in [-0.4, -0.2) is 17.3 Å². The van der Waals surface area contributed by atoms with E-state index in [0.717, 1.165) is 23.4 Å². The molecule has 3 nitrogen and oxygen atoms in total. The lowest BCUT2D eigenvalue weighted by Gasteiger charge is -2.15. The summed E-state index contributed by atoms with van der Waals surface area (Å²) in [6, 6.07) is 15.7. The molecule has 0 bridgehead atoms. The molecule has 5 heteroatoms. The Kier molecular flexibility index (Phi) is 6.12. The van der Waals surface area contributed by atoms with Gasteiger partial charge in [0.25, 0.3) is 5.91 Å². The minimum atomic E-state index is -0.0795. The Morgan fingerprint density at radius 2 is 1.96 bits per heavy atom. The fourth-order valence-electron chi connectivity index (χ4n) is 2.77. The monoisotopic (exact) mass is 383 g/mol. The van der Waals surface area contributed by atoms with E-state index in [4.69, 9.17) is 17.0 Å². The summed E-state index contributed by atoms with van der Waals surface area (Å²) >= 11 is 6.78. The van der Waals surface area contributed by atoms with Crippen LogP contribution in [-0.2, 0) is 11.2 Å². The zero-order valence-corrected chi connectivity index (χ0v) is 16.5. The van der Waals surface area contributed by atoms with E-state index in [9.17, 15) is 4.79 Å². The van der Waals surface area contributed by atoms with E-state index in [-0.39, 0.29) is 5.91 Å². The van der Waals surface area contributed by atoms with Gasteiger partial charge in [-0.15, -0.1) is 0 Å². The lowest BCUT2D eigenvalue weighted by molar-refractivity contribution is -0.113. The Labute approximate surface area is 164 Å². The molecule has 1 saturated heterocycles. The van der Waals surface area contributed by atoms with Crippen molar-refractivity contribution in [2.75, 3.05) is 12.0 Å². The number of amides is 1. The number of carbonyl (C=O) groups excluding carboxylic acids is 1. The number of thiocarbonyl (C=S) groups is 1. The minimum Gasteiger partial charge on any atom is -0.497 e. The maximum Gasteiger partial charge on any atom is 0.270 e. The zero-order chi connectivity index (χ0) is 18.5. The highest BCUT2D eigenvalue weighted by Crippen LogP contribution is 2.36. The number of anilines is 1. The molecule has 0 atom stereocenters. The number of hydrogen-bond acceptors (Lipinski definition) is 4. The second kappa shape index (κ2) is 8.52. The van der Waals surface area contributed by atoms with Gasteiger partial charge < -0.3 is 4.74 Å². The SMILES string of the molecule is CCCCc1ccc(N2C(=O)/C(=C/c3cccc(OC)c3)SC2=S)cc1. The van der Waals surface area contributed by atoms with Crippen molar-refractivity contribution in [3.63, 3.8) is 0 Å². The number of nitrogens with zero attached hydrogens (tertiary/aromatic N) is 1. The molecule has 0 saturated carbocycles. The van der Waals surface area contributed by atoms with Crippen molar-refractivity contribution in [3.05, 3.63) is 64.6 Å². The van der Waals surface area contributed by atoms with E-state index in [1.807, 2.05) is 42.5 Å². The molecular weight excluding hydrogens is 362 g/mol. The maximum absolute atomic E-state index is 12.9. The molecule has 0 spiro atoms. The number of benzene rings is 2. The highest BCUT2D eigenvalue weighted by Gasteiger charge is 2.33. The molecule has 1 amide bonds. The first-order chi connectivity index (χ1) is 12.6. The van der Waals surface area contributed by atoms with Gasteiger partial charge in [0.2, 0.25) is 0 Å². The molecule has 1 heterocycles. The van der Waals surface area contributed by atoms with Crippen molar-refractivity contribution in [1.29, 1.82) is 0 Å². The molecule has 3 rings (SSSR count). The number of hydrogen-bond donors (Lipinski definition) is 0. The summed E-state index contributed by atoms with van der Waals surface area (Å²) in [7, 11) is 1.63. The normalized spacial score (nSPS) is 15.8. The Hall–Kier alpha value is -2.11. The highest BCUT2D eigenvalue weighted by molar-refractivity contribution is 8.27. The van der Waals surface area contributed by atoms with Crippen LogP contribution in [0.3, 0.4) is 0 Å². The Morgan fingerprint density at radius 1 is 1.19 bits per heavy atom. The summed E-state index contributed by atoms with van der Waals surface area (Å²) in [6.45, 7) is 2.18. The molecule has 0 N–H and O–H groups in total. The van der Waals surface area contributed by atoms with Gasteiger partial charge in [0.1, 0.15) is 5.75 Å². The number of thioether (sulfide) groups is 1. The van der Waals surface area contributed by atoms with Crippen molar-refractivity contribution in [2.24, 2.45) is 0 Å². The number of unbranched alkanes of at least 4 members (excludes halogenated alkanes) is 1. The summed E-state index contributed by atoms with van der Waals surface area (Å²) in [5, 5.41) is 0. The molecule has 1 fully saturated rings. The fraction of sp³-hybridized carbons (Fsp3) is 0.238. The second-order valence-electron chi connectivity index (χ2n) is 6.06. The zero-order valence-electron chi connectivity index (χ0n) is 14.9. The summed E-state index contributed by atoms with van der Waals surface area (Å²) in [4.78, 5) is 15.1. The molecule has 26 heavy (non-hydrogen) atoms. The topological polar surface area (TPSA) is 29.5 Å². The van der Waals surface area contributed by atoms with Crippen LogP contribution in [0.5, 0.6) is 5.75 Å². The Bertz CT molecular complexity index is 843. The first-order valence-electron chi connectivity index (χ1n) is 8.63. The van der Waals surface area contributed by atoms with E-state index in [1.165, 1.54) is 30.2 Å². The van der Waals surface area contributed by atoms with Crippen LogP contribution in [0.15, 0.2) is 53.4 Å². The van der Waals surface area contributed by atoms with Gasteiger partial charge in [0.05, 0.1) is 17.7 Å². The van der Waals surface area contributed by atoms with Crippen molar-refractivity contribution in [3.8, 4) is 5.75 Å². The van der Waals surface area contributed by atoms with Crippen LogP contribution in [0.1, 0.15) is 30.9 Å². The fourth-order valence-corrected chi connectivity index (χ4v) is 4.06. The summed E-state index contributed by atoms with van der Waals surface area (Å²) in [6.07, 6.45) is 5.26. The van der Waals surface area contributed by atoms with E-state index < -0.39 is 0 Å². The maximum atomic E-state index is 12.9. The molecule has 134 valence electrons. The molecule has 1 aliphatic heterocycles. The number of ether oxygens (including phenoxy) is 1.